The summed E-state index contributed by atoms with van der Waals surface area (Å²) in [7, 11) is 1.75. The summed E-state index contributed by atoms with van der Waals surface area (Å²) in [6.45, 7) is 4.06. The van der Waals surface area contributed by atoms with Crippen LogP contribution in [0.4, 0.5) is 16.0 Å². The molecule has 0 radical (unpaired) electrons. The SMILES string of the molecule is Cc1ccc(Nc2oc3c(c2-c2ccc(F)cc2)c(=O)n(C)c2ccccc32)c(C)c1. The molecule has 2 aromatic heterocycles. The van der Waals surface area contributed by atoms with Gasteiger partial charge in [0.25, 0.3) is 5.56 Å². The predicted octanol–water partition coefficient (Wildman–Crippen LogP) is 6.45. The van der Waals surface area contributed by atoms with Crippen molar-refractivity contribution in [3.63, 3.8) is 0 Å². The first-order valence-corrected chi connectivity index (χ1v) is 10.1. The number of pyridine rings is 1. The molecule has 0 spiro atoms. The first-order chi connectivity index (χ1) is 14.9. The Balaban J connectivity index is 1.86. The zero-order chi connectivity index (χ0) is 21.7. The minimum atomic E-state index is -0.334. The minimum Gasteiger partial charge on any atom is -0.439 e. The maximum Gasteiger partial charge on any atom is 0.262 e. The predicted molar refractivity (Wildman–Crippen MR) is 124 cm³/mol. The van der Waals surface area contributed by atoms with E-state index >= 15 is 0 Å². The molecule has 0 saturated carbocycles. The summed E-state index contributed by atoms with van der Waals surface area (Å²) in [4.78, 5) is 13.4. The second-order valence-corrected chi connectivity index (χ2v) is 7.84. The minimum absolute atomic E-state index is 0.162. The summed E-state index contributed by atoms with van der Waals surface area (Å²) in [6, 6.07) is 19.9. The second-order valence-electron chi connectivity index (χ2n) is 7.84. The number of anilines is 2. The van der Waals surface area contributed by atoms with Crippen molar-refractivity contribution < 1.29 is 8.81 Å². The smallest absolute Gasteiger partial charge is 0.262 e. The van der Waals surface area contributed by atoms with Crippen LogP contribution in [0, 0.1) is 19.7 Å². The van der Waals surface area contributed by atoms with E-state index in [1.807, 2.05) is 50.2 Å². The normalized spacial score (nSPS) is 11.4. The van der Waals surface area contributed by atoms with Gasteiger partial charge in [-0.05, 0) is 55.3 Å². The van der Waals surface area contributed by atoms with Crippen LogP contribution in [-0.4, -0.2) is 4.57 Å². The quantitative estimate of drug-likeness (QED) is 0.370. The molecule has 3 aromatic carbocycles. The topological polar surface area (TPSA) is 47.2 Å². The number of fused-ring (bicyclic) bond motifs is 3. The van der Waals surface area contributed by atoms with Crippen molar-refractivity contribution in [1.82, 2.24) is 4.57 Å². The number of benzene rings is 3. The van der Waals surface area contributed by atoms with Gasteiger partial charge >= 0.3 is 0 Å². The Morgan fingerprint density at radius 3 is 2.45 bits per heavy atom. The highest BCUT2D eigenvalue weighted by Crippen LogP contribution is 2.41. The van der Waals surface area contributed by atoms with Gasteiger partial charge in [0.1, 0.15) is 5.82 Å². The summed E-state index contributed by atoms with van der Waals surface area (Å²) < 4.78 is 21.6. The molecule has 4 nitrogen and oxygen atoms in total. The molecule has 0 atom stereocenters. The maximum atomic E-state index is 13.6. The van der Waals surface area contributed by atoms with Crippen LogP contribution < -0.4 is 10.9 Å². The molecule has 5 rings (SSSR count). The summed E-state index contributed by atoms with van der Waals surface area (Å²) in [5.41, 5.74) is 5.58. The Kier molecular flexibility index (Phi) is 4.40. The Hall–Kier alpha value is -3.86. The van der Waals surface area contributed by atoms with Gasteiger partial charge in [-0.2, -0.15) is 0 Å². The largest absolute Gasteiger partial charge is 0.439 e. The van der Waals surface area contributed by atoms with E-state index in [1.54, 1.807) is 23.7 Å². The number of rotatable bonds is 3. The van der Waals surface area contributed by atoms with Gasteiger partial charge in [0.05, 0.1) is 16.5 Å². The molecule has 0 amide bonds. The van der Waals surface area contributed by atoms with Crippen molar-refractivity contribution in [3.05, 3.63) is 94.0 Å². The molecule has 1 N–H and O–H groups in total. The van der Waals surface area contributed by atoms with Gasteiger partial charge in [0.2, 0.25) is 5.88 Å². The third kappa shape index (κ3) is 3.10. The van der Waals surface area contributed by atoms with Crippen molar-refractivity contribution >= 4 is 33.4 Å². The van der Waals surface area contributed by atoms with Crippen molar-refractivity contribution in [1.29, 1.82) is 0 Å². The highest BCUT2D eigenvalue weighted by Gasteiger charge is 2.23. The van der Waals surface area contributed by atoms with Crippen molar-refractivity contribution in [2.24, 2.45) is 7.05 Å². The number of nitrogens with one attached hydrogen (secondary N) is 1. The number of nitrogens with zero attached hydrogens (tertiary/aromatic N) is 1. The Bertz CT molecular complexity index is 1510. The molecule has 0 aliphatic carbocycles. The first kappa shape index (κ1) is 19.1. The summed E-state index contributed by atoms with van der Waals surface area (Å²) >= 11 is 0. The van der Waals surface area contributed by atoms with Gasteiger partial charge < -0.3 is 14.3 Å². The maximum absolute atomic E-state index is 13.6. The molecular weight excluding hydrogens is 391 g/mol. The molecule has 0 unspecified atom stereocenters. The van der Waals surface area contributed by atoms with E-state index < -0.39 is 0 Å². The van der Waals surface area contributed by atoms with E-state index in [9.17, 15) is 9.18 Å². The zero-order valence-electron chi connectivity index (χ0n) is 17.5. The van der Waals surface area contributed by atoms with Gasteiger partial charge in [-0.3, -0.25) is 4.79 Å². The molecule has 0 fully saturated rings. The van der Waals surface area contributed by atoms with E-state index in [4.69, 9.17) is 4.42 Å². The molecule has 0 aliphatic rings. The van der Waals surface area contributed by atoms with Crippen molar-refractivity contribution in [3.8, 4) is 11.1 Å². The van der Waals surface area contributed by atoms with E-state index in [2.05, 4.69) is 11.4 Å². The fraction of sp³-hybridized carbons (Fsp3) is 0.115. The summed E-state index contributed by atoms with van der Waals surface area (Å²) in [5, 5.41) is 4.69. The number of aryl methyl sites for hydroxylation is 3. The molecule has 5 heteroatoms. The number of aromatic nitrogens is 1. The van der Waals surface area contributed by atoms with E-state index in [0.717, 1.165) is 27.7 Å². The molecule has 154 valence electrons. The lowest BCUT2D eigenvalue weighted by molar-refractivity contribution is 0.627. The average molecular weight is 412 g/mol. The fourth-order valence-corrected chi connectivity index (χ4v) is 4.12. The van der Waals surface area contributed by atoms with Gasteiger partial charge in [-0.25, -0.2) is 4.39 Å². The third-order valence-electron chi connectivity index (χ3n) is 5.70. The highest BCUT2D eigenvalue weighted by molar-refractivity contribution is 6.11. The fourth-order valence-electron chi connectivity index (χ4n) is 4.12. The van der Waals surface area contributed by atoms with Crippen LogP contribution in [0.2, 0.25) is 0 Å². The lowest BCUT2D eigenvalue weighted by Crippen LogP contribution is -2.17. The monoisotopic (exact) mass is 412 g/mol. The van der Waals surface area contributed by atoms with Crippen LogP contribution in [0.5, 0.6) is 0 Å². The number of hydrogen-bond acceptors (Lipinski definition) is 3. The van der Waals surface area contributed by atoms with Crippen LogP contribution in [0.25, 0.3) is 33.0 Å². The molecule has 0 aliphatic heterocycles. The molecule has 2 heterocycles. The van der Waals surface area contributed by atoms with E-state index in [-0.39, 0.29) is 11.4 Å². The van der Waals surface area contributed by atoms with Crippen LogP contribution >= 0.6 is 0 Å². The molecule has 31 heavy (non-hydrogen) atoms. The van der Waals surface area contributed by atoms with Crippen LogP contribution in [0.15, 0.2) is 75.9 Å². The van der Waals surface area contributed by atoms with Crippen LogP contribution in [0.1, 0.15) is 11.1 Å². The number of hydrogen-bond donors (Lipinski definition) is 1. The van der Waals surface area contributed by atoms with E-state index in [0.29, 0.717) is 28.0 Å². The lowest BCUT2D eigenvalue weighted by atomic mass is 10.0. The van der Waals surface area contributed by atoms with Gasteiger partial charge in [-0.15, -0.1) is 0 Å². The standard InChI is InChI=1S/C26H21FN2O2/c1-15-8-13-20(16(2)14-15)28-25-22(17-9-11-18(27)12-10-17)23-24(31-25)19-6-4-5-7-21(19)29(3)26(23)30/h4-14,28H,1-3H3. The number of furan rings is 1. The van der Waals surface area contributed by atoms with Gasteiger partial charge in [0.15, 0.2) is 5.58 Å². The number of para-hydroxylation sites is 1. The Morgan fingerprint density at radius 1 is 0.968 bits per heavy atom. The van der Waals surface area contributed by atoms with Gasteiger partial charge in [0, 0.05) is 18.1 Å². The second kappa shape index (κ2) is 7.13. The molecule has 0 saturated heterocycles. The molecule has 5 aromatic rings. The van der Waals surface area contributed by atoms with Crippen molar-refractivity contribution in [2.75, 3.05) is 5.32 Å². The van der Waals surface area contributed by atoms with Crippen molar-refractivity contribution in [2.45, 2.75) is 13.8 Å². The Labute approximate surface area is 178 Å². The van der Waals surface area contributed by atoms with E-state index in [1.165, 1.54) is 12.1 Å². The van der Waals surface area contributed by atoms with Gasteiger partial charge in [-0.1, -0.05) is 42.0 Å². The molecular formula is C26H21FN2O2. The Morgan fingerprint density at radius 2 is 1.71 bits per heavy atom. The lowest BCUT2D eigenvalue weighted by Gasteiger charge is -2.10. The first-order valence-electron chi connectivity index (χ1n) is 10.1. The highest BCUT2D eigenvalue weighted by atomic mass is 19.1. The average Bonchev–Trinajstić information content (AvgIpc) is 3.14. The summed E-state index contributed by atoms with van der Waals surface area (Å²) in [6.07, 6.45) is 0. The van der Waals surface area contributed by atoms with Crippen LogP contribution in [0.3, 0.4) is 0 Å². The molecule has 0 bridgehead atoms. The number of halogens is 1. The summed E-state index contributed by atoms with van der Waals surface area (Å²) in [5.74, 6) is 0.126. The zero-order valence-corrected chi connectivity index (χ0v) is 17.5. The van der Waals surface area contributed by atoms with Crippen LogP contribution in [-0.2, 0) is 7.05 Å². The third-order valence-corrected chi connectivity index (χ3v) is 5.70.